The van der Waals surface area contributed by atoms with E-state index in [0.717, 1.165) is 45.5 Å². The summed E-state index contributed by atoms with van der Waals surface area (Å²) in [6.07, 6.45) is 10.8. The zero-order valence-corrected chi connectivity index (χ0v) is 18.5. The number of fused-ring (bicyclic) bond motifs is 4. The smallest absolute Gasteiger partial charge is 0.452 e. The van der Waals surface area contributed by atoms with Gasteiger partial charge in [-0.1, -0.05) is 22.8 Å². The van der Waals surface area contributed by atoms with E-state index in [1.807, 2.05) is 30.3 Å². The number of nitrogens with zero attached hydrogens (tertiary/aromatic N) is 4. The van der Waals surface area contributed by atoms with Crippen molar-refractivity contribution < 1.29 is 18.7 Å². The summed E-state index contributed by atoms with van der Waals surface area (Å²) in [5, 5.41) is 0. The summed E-state index contributed by atoms with van der Waals surface area (Å²) in [7, 11) is 0. The Morgan fingerprint density at radius 3 is 2.46 bits per heavy atom. The van der Waals surface area contributed by atoms with Crippen molar-refractivity contribution in [3.8, 4) is 39.9 Å². The molecule has 0 aliphatic carbocycles. The second-order valence-corrected chi connectivity index (χ2v) is 9.23. The van der Waals surface area contributed by atoms with E-state index in [-0.39, 0.29) is 0 Å². The highest BCUT2D eigenvalue weighted by molar-refractivity contribution is 5.71. The summed E-state index contributed by atoms with van der Waals surface area (Å²) in [5.41, 5.74) is 6.06. The summed E-state index contributed by atoms with van der Waals surface area (Å²) in [6.45, 7) is 0. The van der Waals surface area contributed by atoms with Crippen molar-refractivity contribution in [2.45, 2.75) is 5.66 Å². The van der Waals surface area contributed by atoms with Gasteiger partial charge in [0.15, 0.2) is 23.1 Å². The van der Waals surface area contributed by atoms with E-state index in [9.17, 15) is 0 Å². The van der Waals surface area contributed by atoms with Crippen LogP contribution in [0.2, 0.25) is 0 Å². The van der Waals surface area contributed by atoms with Gasteiger partial charge in [0.25, 0.3) is 0 Å². The van der Waals surface area contributed by atoms with Crippen molar-refractivity contribution in [3.05, 3.63) is 121 Å². The van der Waals surface area contributed by atoms with Gasteiger partial charge in [0, 0.05) is 29.5 Å². The Morgan fingerprint density at radius 1 is 0.714 bits per heavy atom. The minimum atomic E-state index is -0.664. The summed E-state index contributed by atoms with van der Waals surface area (Å²) in [6, 6.07) is 26.9. The van der Waals surface area contributed by atoms with Crippen molar-refractivity contribution in [3.63, 3.8) is 0 Å². The standard InChI is InChI=1S/C29H18N4O2/c1-3-13-30-16-19(15-21(30)7-1)20-17-32-22-8-5-9-23-27(22)29(33(32)18-20)28-24(34-23)10-6-11-25(28)35-26-12-2-4-14-31(26)29/h1-18H/q+2. The van der Waals surface area contributed by atoms with Crippen molar-refractivity contribution in [1.29, 1.82) is 0 Å². The van der Waals surface area contributed by atoms with Crippen LogP contribution in [0.4, 0.5) is 0 Å². The molecule has 0 fully saturated rings. The SMILES string of the molecule is c1cc2c3c(c1)Oc1cccc[n+]1C31c3c(cccc3-n3cc(-c4cc5ccccn5c4)c[n+]31)O2. The van der Waals surface area contributed by atoms with Gasteiger partial charge in [0.05, 0.1) is 17.8 Å². The molecular weight excluding hydrogens is 436 g/mol. The van der Waals surface area contributed by atoms with E-state index >= 15 is 0 Å². The molecule has 1 spiro atoms. The molecule has 3 aliphatic heterocycles. The highest BCUT2D eigenvalue weighted by Gasteiger charge is 2.71. The number of benzene rings is 2. The van der Waals surface area contributed by atoms with E-state index in [1.165, 1.54) is 11.1 Å². The molecule has 2 aromatic carbocycles. The molecule has 6 aromatic rings. The summed E-state index contributed by atoms with van der Waals surface area (Å²) >= 11 is 0. The second-order valence-electron chi connectivity index (χ2n) is 9.23. The van der Waals surface area contributed by atoms with Crippen LogP contribution in [0.3, 0.4) is 0 Å². The number of hydrogen-bond donors (Lipinski definition) is 0. The molecule has 0 bridgehead atoms. The van der Waals surface area contributed by atoms with E-state index in [2.05, 4.69) is 97.8 Å². The Hall–Kier alpha value is -4.84. The first kappa shape index (κ1) is 17.6. The summed E-state index contributed by atoms with van der Waals surface area (Å²) < 4.78 is 21.8. The average Bonchev–Trinajstić information content (AvgIpc) is 3.58. The molecule has 1 unspecified atom stereocenters. The summed E-state index contributed by atoms with van der Waals surface area (Å²) in [4.78, 5) is 0. The number of hydrogen-bond acceptors (Lipinski definition) is 2. The third-order valence-corrected chi connectivity index (χ3v) is 7.47. The van der Waals surface area contributed by atoms with E-state index < -0.39 is 5.66 Å². The van der Waals surface area contributed by atoms with Crippen LogP contribution < -0.4 is 18.7 Å². The Kier molecular flexibility index (Phi) is 2.92. The zero-order valence-electron chi connectivity index (χ0n) is 18.5. The number of rotatable bonds is 1. The van der Waals surface area contributed by atoms with Crippen molar-refractivity contribution in [2.75, 3.05) is 0 Å². The van der Waals surface area contributed by atoms with Gasteiger partial charge in [-0.05, 0) is 53.2 Å². The molecule has 1 atom stereocenters. The molecule has 7 heterocycles. The molecule has 3 aliphatic rings. The van der Waals surface area contributed by atoms with Crippen LogP contribution in [0, 0.1) is 0 Å². The number of ether oxygens (including phenoxy) is 2. The van der Waals surface area contributed by atoms with Gasteiger partial charge < -0.3 is 13.9 Å². The van der Waals surface area contributed by atoms with Crippen molar-refractivity contribution in [1.82, 2.24) is 9.08 Å². The van der Waals surface area contributed by atoms with E-state index in [0.29, 0.717) is 0 Å². The molecule has 9 rings (SSSR count). The molecule has 0 amide bonds. The predicted octanol–water partition coefficient (Wildman–Crippen LogP) is 4.79. The van der Waals surface area contributed by atoms with Crippen LogP contribution in [0.25, 0.3) is 22.3 Å². The van der Waals surface area contributed by atoms with Gasteiger partial charge in [-0.25, -0.2) is 0 Å². The highest BCUT2D eigenvalue weighted by atomic mass is 16.5. The third-order valence-electron chi connectivity index (χ3n) is 7.47. The van der Waals surface area contributed by atoms with E-state index in [1.54, 1.807) is 0 Å². The third kappa shape index (κ3) is 1.95. The molecule has 0 saturated carbocycles. The Labute approximate surface area is 200 Å². The molecule has 0 radical (unpaired) electrons. The maximum absolute atomic E-state index is 6.46. The fourth-order valence-electron chi connectivity index (χ4n) is 6.10. The van der Waals surface area contributed by atoms with Crippen molar-refractivity contribution in [2.24, 2.45) is 0 Å². The lowest BCUT2D eigenvalue weighted by Gasteiger charge is -2.31. The Morgan fingerprint density at radius 2 is 1.54 bits per heavy atom. The van der Waals surface area contributed by atoms with Gasteiger partial charge in [0.1, 0.15) is 17.2 Å². The maximum atomic E-state index is 6.46. The molecule has 6 nitrogen and oxygen atoms in total. The Bertz CT molecular complexity index is 1830. The van der Waals surface area contributed by atoms with Crippen LogP contribution in [-0.4, -0.2) is 9.08 Å². The first-order chi connectivity index (χ1) is 17.3. The number of pyridine rings is 2. The lowest BCUT2D eigenvalue weighted by Crippen LogP contribution is -2.75. The lowest BCUT2D eigenvalue weighted by molar-refractivity contribution is -0.997. The average molecular weight is 454 g/mol. The highest BCUT2D eigenvalue weighted by Crippen LogP contribution is 2.55. The van der Waals surface area contributed by atoms with Crippen LogP contribution >= 0.6 is 0 Å². The van der Waals surface area contributed by atoms with Crippen molar-refractivity contribution >= 4 is 5.52 Å². The maximum Gasteiger partial charge on any atom is 0.452 e. The van der Waals surface area contributed by atoms with Crippen LogP contribution in [0.15, 0.2) is 110 Å². The Balaban J connectivity index is 1.43. The largest absolute Gasteiger partial charge is 0.455 e. The second kappa shape index (κ2) is 5.80. The van der Waals surface area contributed by atoms with Crippen LogP contribution in [0.5, 0.6) is 23.1 Å². The number of aromatic nitrogens is 4. The molecular formula is C29H18N4O2+2. The van der Waals surface area contributed by atoms with Gasteiger partial charge in [-0.2, -0.15) is 0 Å². The van der Waals surface area contributed by atoms with Gasteiger partial charge in [0.2, 0.25) is 6.20 Å². The van der Waals surface area contributed by atoms with Gasteiger partial charge in [-0.3, -0.25) is 0 Å². The minimum absolute atomic E-state index is 0.664. The van der Waals surface area contributed by atoms with Gasteiger partial charge in [-0.15, -0.1) is 4.68 Å². The quantitative estimate of drug-likeness (QED) is 0.334. The predicted molar refractivity (Wildman–Crippen MR) is 127 cm³/mol. The van der Waals surface area contributed by atoms with Crippen LogP contribution in [-0.2, 0) is 5.66 Å². The molecule has 0 N–H and O–H groups in total. The van der Waals surface area contributed by atoms with Crippen LogP contribution in [0.1, 0.15) is 11.1 Å². The van der Waals surface area contributed by atoms with E-state index in [4.69, 9.17) is 9.47 Å². The fourth-order valence-corrected chi connectivity index (χ4v) is 6.10. The molecule has 0 saturated heterocycles. The molecule has 6 heteroatoms. The first-order valence-electron chi connectivity index (χ1n) is 11.7. The minimum Gasteiger partial charge on any atom is -0.455 e. The monoisotopic (exact) mass is 454 g/mol. The molecule has 35 heavy (non-hydrogen) atoms. The molecule has 164 valence electrons. The normalized spacial score (nSPS) is 17.7. The lowest BCUT2D eigenvalue weighted by atomic mass is 9.85. The molecule has 4 aromatic heterocycles. The fraction of sp³-hybridized carbons (Fsp3) is 0.0345. The van der Waals surface area contributed by atoms with Gasteiger partial charge >= 0.3 is 11.5 Å². The first-order valence-corrected chi connectivity index (χ1v) is 11.7. The zero-order chi connectivity index (χ0) is 22.7. The topological polar surface area (TPSA) is 35.6 Å². The summed E-state index contributed by atoms with van der Waals surface area (Å²) in [5.74, 6) is 3.28.